The van der Waals surface area contributed by atoms with Crippen molar-refractivity contribution in [2.75, 3.05) is 5.32 Å². The van der Waals surface area contributed by atoms with Crippen LogP contribution >= 0.6 is 11.6 Å². The zero-order chi connectivity index (χ0) is 13.8. The maximum absolute atomic E-state index is 9.23. The molecule has 0 spiro atoms. The molecule has 1 N–H and O–H groups in total. The minimum atomic E-state index is 0.458. The monoisotopic (exact) mass is 276 g/mol. The molecule has 2 atom stereocenters. The van der Waals surface area contributed by atoms with E-state index in [0.29, 0.717) is 28.5 Å². The minimum absolute atomic E-state index is 0.458. The van der Waals surface area contributed by atoms with E-state index in [1.807, 2.05) is 12.1 Å². The highest BCUT2D eigenvalue weighted by atomic mass is 35.5. The van der Waals surface area contributed by atoms with E-state index in [9.17, 15) is 5.26 Å². The Balaban J connectivity index is 2.20. The van der Waals surface area contributed by atoms with E-state index in [2.05, 4.69) is 25.2 Å². The van der Waals surface area contributed by atoms with E-state index in [0.717, 1.165) is 5.69 Å². The number of hydrogen-bond acceptors (Lipinski definition) is 2. The molecule has 3 heteroatoms. The zero-order valence-corrected chi connectivity index (χ0v) is 12.4. The predicted molar refractivity (Wildman–Crippen MR) is 80.4 cm³/mol. The second kappa shape index (κ2) is 6.30. The molecule has 0 radical (unpaired) electrons. The number of nitrogens with one attached hydrogen (secondary N) is 1. The standard InChI is InChI=1S/C16H21ClN2/c1-11(2)12-6-3-4-8-15(12)19-16-9-5-7-14(17)13(16)10-18/h5,7,9,11-12,15,19H,3-4,6,8H2,1-2H3. The van der Waals surface area contributed by atoms with Gasteiger partial charge < -0.3 is 5.32 Å². The molecule has 0 aromatic heterocycles. The summed E-state index contributed by atoms with van der Waals surface area (Å²) in [6.07, 6.45) is 5.04. The van der Waals surface area contributed by atoms with Crippen LogP contribution in [0.15, 0.2) is 18.2 Å². The van der Waals surface area contributed by atoms with Gasteiger partial charge >= 0.3 is 0 Å². The van der Waals surface area contributed by atoms with Crippen molar-refractivity contribution in [1.29, 1.82) is 5.26 Å². The fourth-order valence-corrected chi connectivity index (χ4v) is 3.31. The summed E-state index contributed by atoms with van der Waals surface area (Å²) < 4.78 is 0. The third-order valence-electron chi connectivity index (χ3n) is 4.14. The highest BCUT2D eigenvalue weighted by molar-refractivity contribution is 6.32. The van der Waals surface area contributed by atoms with Crippen LogP contribution in [0.3, 0.4) is 0 Å². The summed E-state index contributed by atoms with van der Waals surface area (Å²) in [7, 11) is 0. The summed E-state index contributed by atoms with van der Waals surface area (Å²) >= 11 is 6.08. The second-order valence-electron chi connectivity index (χ2n) is 5.72. The largest absolute Gasteiger partial charge is 0.381 e. The van der Waals surface area contributed by atoms with E-state index in [1.165, 1.54) is 25.7 Å². The average molecular weight is 277 g/mol. The summed E-state index contributed by atoms with van der Waals surface area (Å²) in [6.45, 7) is 4.57. The Bertz CT molecular complexity index is 476. The lowest BCUT2D eigenvalue weighted by atomic mass is 9.77. The van der Waals surface area contributed by atoms with Crippen molar-refractivity contribution in [2.45, 2.75) is 45.6 Å². The smallest absolute Gasteiger partial charge is 0.103 e. The molecule has 1 aliphatic carbocycles. The first-order valence-corrected chi connectivity index (χ1v) is 7.46. The van der Waals surface area contributed by atoms with Crippen molar-refractivity contribution in [1.82, 2.24) is 0 Å². The van der Waals surface area contributed by atoms with Gasteiger partial charge in [0.25, 0.3) is 0 Å². The van der Waals surface area contributed by atoms with Gasteiger partial charge in [-0.1, -0.05) is 44.4 Å². The molecule has 0 bridgehead atoms. The molecule has 2 unspecified atom stereocenters. The van der Waals surface area contributed by atoms with Crippen molar-refractivity contribution >= 4 is 17.3 Å². The quantitative estimate of drug-likeness (QED) is 0.857. The van der Waals surface area contributed by atoms with Gasteiger partial charge in [-0.05, 0) is 36.8 Å². The van der Waals surface area contributed by atoms with E-state index in [1.54, 1.807) is 6.07 Å². The molecular formula is C16H21ClN2. The average Bonchev–Trinajstić information content (AvgIpc) is 2.39. The molecule has 0 amide bonds. The summed E-state index contributed by atoms with van der Waals surface area (Å²) in [4.78, 5) is 0. The zero-order valence-electron chi connectivity index (χ0n) is 11.6. The van der Waals surface area contributed by atoms with Crippen LogP contribution in [0.4, 0.5) is 5.69 Å². The molecular weight excluding hydrogens is 256 g/mol. The molecule has 1 fully saturated rings. The molecule has 102 valence electrons. The maximum Gasteiger partial charge on any atom is 0.103 e. The van der Waals surface area contributed by atoms with E-state index in [4.69, 9.17) is 11.6 Å². The summed E-state index contributed by atoms with van der Waals surface area (Å²) in [5.41, 5.74) is 1.45. The van der Waals surface area contributed by atoms with Gasteiger partial charge in [-0.3, -0.25) is 0 Å². The number of benzene rings is 1. The van der Waals surface area contributed by atoms with Crippen LogP contribution in [0, 0.1) is 23.2 Å². The molecule has 0 aliphatic heterocycles. The van der Waals surface area contributed by atoms with E-state index >= 15 is 0 Å². The van der Waals surface area contributed by atoms with Crippen molar-refractivity contribution in [3.8, 4) is 6.07 Å². The Morgan fingerprint density at radius 2 is 2.05 bits per heavy atom. The predicted octanol–water partition coefficient (Wildman–Crippen LogP) is 4.84. The second-order valence-corrected chi connectivity index (χ2v) is 6.12. The normalized spacial score (nSPS) is 23.1. The fraction of sp³-hybridized carbons (Fsp3) is 0.562. The first kappa shape index (κ1) is 14.2. The van der Waals surface area contributed by atoms with Crippen LogP contribution in [0.25, 0.3) is 0 Å². The highest BCUT2D eigenvalue weighted by Gasteiger charge is 2.27. The molecule has 0 saturated heterocycles. The molecule has 1 aromatic carbocycles. The van der Waals surface area contributed by atoms with Crippen molar-refractivity contribution in [3.05, 3.63) is 28.8 Å². The number of hydrogen-bond donors (Lipinski definition) is 1. The number of halogens is 1. The molecule has 1 saturated carbocycles. The Kier molecular flexibility index (Phi) is 4.71. The van der Waals surface area contributed by atoms with Crippen molar-refractivity contribution in [3.63, 3.8) is 0 Å². The summed E-state index contributed by atoms with van der Waals surface area (Å²) in [6, 6.07) is 8.29. The maximum atomic E-state index is 9.23. The van der Waals surface area contributed by atoms with Gasteiger partial charge in [-0.25, -0.2) is 0 Å². The molecule has 2 nitrogen and oxygen atoms in total. The lowest BCUT2D eigenvalue weighted by Crippen LogP contribution is -2.35. The Morgan fingerprint density at radius 3 is 2.74 bits per heavy atom. The van der Waals surface area contributed by atoms with E-state index < -0.39 is 0 Å². The third kappa shape index (κ3) is 3.22. The molecule has 1 aromatic rings. The first-order valence-electron chi connectivity index (χ1n) is 7.08. The van der Waals surface area contributed by atoms with E-state index in [-0.39, 0.29) is 0 Å². The van der Waals surface area contributed by atoms with Crippen LogP contribution in [0.1, 0.15) is 45.1 Å². The number of nitrogens with zero attached hydrogens (tertiary/aromatic N) is 1. The SMILES string of the molecule is CC(C)C1CCCCC1Nc1cccc(Cl)c1C#N. The summed E-state index contributed by atoms with van der Waals surface area (Å²) in [5.74, 6) is 1.35. The van der Waals surface area contributed by atoms with Gasteiger partial charge in [-0.2, -0.15) is 5.26 Å². The molecule has 2 rings (SSSR count). The van der Waals surface area contributed by atoms with Gasteiger partial charge in [0.05, 0.1) is 16.3 Å². The van der Waals surface area contributed by atoms with Gasteiger partial charge in [-0.15, -0.1) is 0 Å². The topological polar surface area (TPSA) is 35.8 Å². The van der Waals surface area contributed by atoms with Crippen LogP contribution in [-0.2, 0) is 0 Å². The Labute approximate surface area is 120 Å². The van der Waals surface area contributed by atoms with Crippen LogP contribution in [0.2, 0.25) is 5.02 Å². The van der Waals surface area contributed by atoms with Gasteiger partial charge in [0, 0.05) is 6.04 Å². The molecule has 0 heterocycles. The molecule has 1 aliphatic rings. The highest BCUT2D eigenvalue weighted by Crippen LogP contribution is 2.33. The summed E-state index contributed by atoms with van der Waals surface area (Å²) in [5, 5.41) is 13.3. The first-order chi connectivity index (χ1) is 9.13. The lowest BCUT2D eigenvalue weighted by molar-refractivity contribution is 0.254. The Hall–Kier alpha value is -1.20. The van der Waals surface area contributed by atoms with Crippen LogP contribution in [-0.4, -0.2) is 6.04 Å². The minimum Gasteiger partial charge on any atom is -0.381 e. The number of nitriles is 1. The fourth-order valence-electron chi connectivity index (χ4n) is 3.09. The lowest BCUT2D eigenvalue weighted by Gasteiger charge is -2.35. The number of rotatable bonds is 3. The Morgan fingerprint density at radius 1 is 1.32 bits per heavy atom. The third-order valence-corrected chi connectivity index (χ3v) is 4.46. The van der Waals surface area contributed by atoms with Gasteiger partial charge in [0.15, 0.2) is 0 Å². The van der Waals surface area contributed by atoms with Gasteiger partial charge in [0.2, 0.25) is 0 Å². The van der Waals surface area contributed by atoms with Crippen molar-refractivity contribution < 1.29 is 0 Å². The number of anilines is 1. The van der Waals surface area contributed by atoms with Crippen molar-refractivity contribution in [2.24, 2.45) is 11.8 Å². The molecule has 19 heavy (non-hydrogen) atoms. The van der Waals surface area contributed by atoms with Gasteiger partial charge in [0.1, 0.15) is 6.07 Å². The van der Waals surface area contributed by atoms with Crippen LogP contribution in [0.5, 0.6) is 0 Å². The van der Waals surface area contributed by atoms with Crippen LogP contribution < -0.4 is 5.32 Å².